The van der Waals surface area contributed by atoms with E-state index < -0.39 is 38.5 Å². The molecule has 1 heterocycles. The Balaban J connectivity index is 1.71. The molecule has 0 atom stereocenters. The summed E-state index contributed by atoms with van der Waals surface area (Å²) in [5, 5.41) is 12.0. The summed E-state index contributed by atoms with van der Waals surface area (Å²) in [6.45, 7) is 11.7. The lowest BCUT2D eigenvalue weighted by molar-refractivity contribution is -0.145. The van der Waals surface area contributed by atoms with Crippen LogP contribution in [-0.2, 0) is 26.5 Å². The number of carboxylic acid groups (broad SMARTS) is 1. The van der Waals surface area contributed by atoms with Crippen LogP contribution in [0.2, 0.25) is 0 Å². The molecule has 2 saturated carbocycles. The smallest absolute Gasteiger partial charge is 0.307 e. The molecular weight excluding hydrogens is 528 g/mol. The molecule has 40 heavy (non-hydrogen) atoms. The van der Waals surface area contributed by atoms with E-state index in [2.05, 4.69) is 10.3 Å². The van der Waals surface area contributed by atoms with Gasteiger partial charge in [0.1, 0.15) is 0 Å². The molecule has 0 spiro atoms. The number of hydrogen-bond donors (Lipinski definition) is 2. The van der Waals surface area contributed by atoms with Gasteiger partial charge in [0.15, 0.2) is 15.6 Å². The molecule has 220 valence electrons. The zero-order valence-corrected chi connectivity index (χ0v) is 25.5. The van der Waals surface area contributed by atoms with Gasteiger partial charge >= 0.3 is 11.9 Å². The van der Waals surface area contributed by atoms with Gasteiger partial charge in [0.05, 0.1) is 22.3 Å². The summed E-state index contributed by atoms with van der Waals surface area (Å²) in [7, 11) is -3.54. The van der Waals surface area contributed by atoms with Crippen molar-refractivity contribution in [1.29, 1.82) is 0 Å². The van der Waals surface area contributed by atoms with Crippen LogP contribution >= 0.6 is 0 Å². The predicted molar refractivity (Wildman–Crippen MR) is 154 cm³/mol. The number of nitrogens with zero attached hydrogens (tertiary/aromatic N) is 1. The first-order valence-corrected chi connectivity index (χ1v) is 16.1. The number of carbonyl (C=O) groups is 2. The summed E-state index contributed by atoms with van der Waals surface area (Å²) in [6, 6.07) is 5.10. The van der Waals surface area contributed by atoms with E-state index >= 15 is 0 Å². The fourth-order valence-electron chi connectivity index (χ4n) is 5.84. The highest BCUT2D eigenvalue weighted by Crippen LogP contribution is 2.38. The Bertz CT molecular complexity index is 1350. The van der Waals surface area contributed by atoms with Gasteiger partial charge in [0.2, 0.25) is 0 Å². The molecule has 0 aliphatic heterocycles. The molecule has 2 aliphatic rings. The fourth-order valence-corrected chi connectivity index (χ4v) is 8.11. The first-order chi connectivity index (χ1) is 18.5. The Morgan fingerprint density at radius 2 is 1.70 bits per heavy atom. The number of benzene rings is 1. The topological polar surface area (TPSA) is 127 Å². The van der Waals surface area contributed by atoms with E-state index in [-0.39, 0.29) is 17.7 Å². The molecule has 1 amide bonds. The fraction of sp³-hybridized carbons (Fsp3) is 0.645. The van der Waals surface area contributed by atoms with E-state index in [9.17, 15) is 18.0 Å². The van der Waals surface area contributed by atoms with Gasteiger partial charge in [-0.15, -0.1) is 0 Å². The lowest BCUT2D eigenvalue weighted by Gasteiger charge is -2.32. The summed E-state index contributed by atoms with van der Waals surface area (Å²) < 4.78 is 33.1. The molecule has 0 unspecified atom stereocenters. The number of hydrogen-bond acceptors (Lipinski definition) is 6. The van der Waals surface area contributed by atoms with Crippen molar-refractivity contribution in [2.45, 2.75) is 109 Å². The minimum absolute atomic E-state index is 0.0336. The monoisotopic (exact) mass is 572 g/mol. The molecule has 1 aromatic carbocycles. The average molecular weight is 573 g/mol. The summed E-state index contributed by atoms with van der Waals surface area (Å²) in [6.07, 6.45) is 7.25. The Kier molecular flexibility index (Phi) is 8.56. The van der Waals surface area contributed by atoms with Crippen LogP contribution in [0.3, 0.4) is 0 Å². The van der Waals surface area contributed by atoms with Gasteiger partial charge in [-0.25, -0.2) is 13.4 Å². The number of aromatic nitrogens is 1. The van der Waals surface area contributed by atoms with Crippen molar-refractivity contribution in [1.82, 2.24) is 10.3 Å². The molecule has 4 rings (SSSR count). The number of carboxylic acids is 1. The third-order valence-electron chi connectivity index (χ3n) is 7.93. The third-order valence-corrected chi connectivity index (χ3v) is 10.2. The lowest BCUT2D eigenvalue weighted by Crippen LogP contribution is -2.46. The van der Waals surface area contributed by atoms with Crippen LogP contribution in [0.25, 0.3) is 11.3 Å². The molecule has 8 nitrogen and oxygen atoms in total. The second-order valence-electron chi connectivity index (χ2n) is 14.0. The highest BCUT2D eigenvalue weighted by Gasteiger charge is 2.37. The van der Waals surface area contributed by atoms with E-state index in [1.54, 1.807) is 12.1 Å². The van der Waals surface area contributed by atoms with Crippen LogP contribution in [0, 0.1) is 17.3 Å². The zero-order chi connectivity index (χ0) is 29.5. The van der Waals surface area contributed by atoms with E-state index in [0.717, 1.165) is 12.8 Å². The molecule has 0 bridgehead atoms. The summed E-state index contributed by atoms with van der Waals surface area (Å²) in [4.78, 5) is 29.2. The Morgan fingerprint density at radius 1 is 1.05 bits per heavy atom. The van der Waals surface area contributed by atoms with E-state index in [1.807, 2.05) is 47.6 Å². The standard InChI is InChI=1S/C31H44N2O6S/c1-30(2,3)18-40(37,38)25-13-12-20(17-23(25)31(4,5)6)26-24(14-19-10-8-7-9-11-19)33-28(39-26)27(34)32-22-15-21(16-22)29(35)36/h12-13,17,19,21-22H,7-11,14-16,18H2,1-6H3,(H,32,34)(H,35,36)/t21-,22-. The molecule has 0 saturated heterocycles. The Hall–Kier alpha value is -2.68. The first kappa shape index (κ1) is 30.3. The number of carbonyl (C=O) groups excluding carboxylic acids is 1. The van der Waals surface area contributed by atoms with E-state index in [0.29, 0.717) is 52.7 Å². The number of amides is 1. The number of aliphatic carboxylic acids is 1. The van der Waals surface area contributed by atoms with Gasteiger partial charge in [0.25, 0.3) is 5.89 Å². The van der Waals surface area contributed by atoms with Crippen LogP contribution in [-0.4, -0.2) is 42.2 Å². The maximum Gasteiger partial charge on any atom is 0.307 e. The largest absolute Gasteiger partial charge is 0.481 e. The summed E-state index contributed by atoms with van der Waals surface area (Å²) in [5.74, 6) is -0.793. The molecule has 2 fully saturated rings. The van der Waals surface area contributed by atoms with Gasteiger partial charge in [-0.2, -0.15) is 0 Å². The van der Waals surface area contributed by atoms with Gasteiger partial charge in [-0.1, -0.05) is 73.6 Å². The van der Waals surface area contributed by atoms with Crippen molar-refractivity contribution < 1.29 is 27.5 Å². The maximum absolute atomic E-state index is 13.5. The minimum Gasteiger partial charge on any atom is -0.481 e. The third kappa shape index (κ3) is 7.14. The van der Waals surface area contributed by atoms with Crippen LogP contribution in [0.1, 0.15) is 108 Å². The second kappa shape index (κ2) is 11.3. The molecular formula is C31H44N2O6S. The molecule has 0 radical (unpaired) electrons. The minimum atomic E-state index is -3.54. The van der Waals surface area contributed by atoms with Crippen molar-refractivity contribution in [2.75, 3.05) is 5.75 Å². The highest BCUT2D eigenvalue weighted by atomic mass is 32.2. The number of rotatable bonds is 8. The first-order valence-electron chi connectivity index (χ1n) is 14.4. The second-order valence-corrected chi connectivity index (χ2v) is 15.9. The van der Waals surface area contributed by atoms with Gasteiger partial charge in [-0.3, -0.25) is 9.59 Å². The maximum atomic E-state index is 13.5. The van der Waals surface area contributed by atoms with Crippen LogP contribution in [0.5, 0.6) is 0 Å². The molecule has 2 aromatic rings. The van der Waals surface area contributed by atoms with Crippen LogP contribution < -0.4 is 5.32 Å². The average Bonchev–Trinajstić information content (AvgIpc) is 3.22. The normalized spacial score (nSPS) is 20.6. The molecule has 2 aliphatic carbocycles. The Labute approximate surface area is 238 Å². The summed E-state index contributed by atoms with van der Waals surface area (Å²) in [5.41, 5.74) is 1.27. The quantitative estimate of drug-likeness (QED) is 0.387. The number of nitrogens with one attached hydrogen (secondary N) is 1. The zero-order valence-electron chi connectivity index (χ0n) is 24.7. The van der Waals surface area contributed by atoms with Gasteiger partial charge in [0, 0.05) is 11.6 Å². The highest BCUT2D eigenvalue weighted by molar-refractivity contribution is 7.91. The van der Waals surface area contributed by atoms with Crippen molar-refractivity contribution in [3.05, 3.63) is 35.3 Å². The molecule has 9 heteroatoms. The Morgan fingerprint density at radius 3 is 2.27 bits per heavy atom. The molecule has 2 N–H and O–H groups in total. The lowest BCUT2D eigenvalue weighted by atomic mass is 9.80. The van der Waals surface area contributed by atoms with Crippen LogP contribution in [0.4, 0.5) is 0 Å². The van der Waals surface area contributed by atoms with Gasteiger partial charge < -0.3 is 14.8 Å². The number of sulfone groups is 1. The van der Waals surface area contributed by atoms with E-state index in [1.165, 1.54) is 19.3 Å². The van der Waals surface area contributed by atoms with Crippen molar-refractivity contribution in [3.8, 4) is 11.3 Å². The van der Waals surface area contributed by atoms with Crippen LogP contribution in [0.15, 0.2) is 27.5 Å². The molecule has 1 aromatic heterocycles. The predicted octanol–water partition coefficient (Wildman–Crippen LogP) is 6.17. The van der Waals surface area contributed by atoms with E-state index in [4.69, 9.17) is 9.52 Å². The summed E-state index contributed by atoms with van der Waals surface area (Å²) >= 11 is 0. The van der Waals surface area contributed by atoms with Crippen molar-refractivity contribution in [2.24, 2.45) is 17.3 Å². The van der Waals surface area contributed by atoms with Gasteiger partial charge in [-0.05, 0) is 59.8 Å². The number of oxazole rings is 1. The SMILES string of the molecule is CC(C)(C)CS(=O)(=O)c1ccc(-c2oc(C(=O)N[C@H]3C[C@H](C(=O)O)C3)nc2CC2CCCCC2)cc1C(C)(C)C. The van der Waals surface area contributed by atoms with Crippen molar-refractivity contribution in [3.63, 3.8) is 0 Å². The van der Waals surface area contributed by atoms with Crippen molar-refractivity contribution >= 4 is 21.7 Å².